The molecule has 0 heterocycles. The minimum atomic E-state index is -0.252. The van der Waals surface area contributed by atoms with Crippen LogP contribution in [0.15, 0.2) is 0 Å². The second-order valence-corrected chi connectivity index (χ2v) is 6.49. The zero-order valence-corrected chi connectivity index (χ0v) is 14.7. The molecule has 0 aromatic carbocycles. The second kappa shape index (κ2) is 11.7. The highest BCUT2D eigenvalue weighted by Gasteiger charge is 2.17. The standard InChI is InChI=1S/C13H22Br2O4/c1-3-18-12(16)7-5-6-10(14)8-9-11(15)13(17)19-4-2/h10-11H,3-9H2,1-2H3. The topological polar surface area (TPSA) is 52.6 Å². The third kappa shape index (κ3) is 10.4. The van der Waals surface area contributed by atoms with E-state index in [1.807, 2.05) is 0 Å². The van der Waals surface area contributed by atoms with Crippen LogP contribution >= 0.6 is 31.9 Å². The van der Waals surface area contributed by atoms with Crippen LogP contribution < -0.4 is 0 Å². The van der Waals surface area contributed by atoms with Gasteiger partial charge in [0.25, 0.3) is 0 Å². The van der Waals surface area contributed by atoms with E-state index < -0.39 is 0 Å². The molecule has 2 unspecified atom stereocenters. The summed E-state index contributed by atoms with van der Waals surface area (Å²) in [5.74, 6) is -0.360. The maximum absolute atomic E-state index is 11.4. The molecule has 0 spiro atoms. The van der Waals surface area contributed by atoms with Crippen molar-refractivity contribution in [2.75, 3.05) is 13.2 Å². The first kappa shape index (κ1) is 18.9. The number of esters is 2. The fraction of sp³-hybridized carbons (Fsp3) is 0.846. The first-order valence-electron chi connectivity index (χ1n) is 6.61. The molecule has 0 aliphatic rings. The predicted octanol–water partition coefficient (Wildman–Crippen LogP) is 3.59. The minimum Gasteiger partial charge on any atom is -0.466 e. The van der Waals surface area contributed by atoms with Gasteiger partial charge in [0, 0.05) is 11.2 Å². The van der Waals surface area contributed by atoms with Crippen molar-refractivity contribution in [3.63, 3.8) is 0 Å². The van der Waals surface area contributed by atoms with Gasteiger partial charge in [0.1, 0.15) is 4.83 Å². The summed E-state index contributed by atoms with van der Waals surface area (Å²) in [6, 6.07) is 0. The number of hydrogen-bond donors (Lipinski definition) is 0. The normalized spacial score (nSPS) is 13.7. The fourth-order valence-corrected chi connectivity index (χ4v) is 2.51. The van der Waals surface area contributed by atoms with Crippen molar-refractivity contribution < 1.29 is 19.1 Å². The van der Waals surface area contributed by atoms with E-state index in [1.165, 1.54) is 0 Å². The summed E-state index contributed by atoms with van der Waals surface area (Å²) in [7, 11) is 0. The zero-order valence-electron chi connectivity index (χ0n) is 11.5. The predicted molar refractivity (Wildman–Crippen MR) is 81.8 cm³/mol. The summed E-state index contributed by atoms with van der Waals surface area (Å²) in [5, 5.41) is 0. The van der Waals surface area contributed by atoms with Gasteiger partial charge in [0.05, 0.1) is 13.2 Å². The summed E-state index contributed by atoms with van der Waals surface area (Å²) < 4.78 is 9.77. The maximum Gasteiger partial charge on any atom is 0.319 e. The summed E-state index contributed by atoms with van der Waals surface area (Å²) in [6.07, 6.45) is 3.71. The smallest absolute Gasteiger partial charge is 0.319 e. The molecule has 0 aromatic heterocycles. The van der Waals surface area contributed by atoms with Gasteiger partial charge in [-0.15, -0.1) is 0 Å². The number of carbonyl (C=O) groups is 2. The average molecular weight is 402 g/mol. The second-order valence-electron chi connectivity index (χ2n) is 4.09. The van der Waals surface area contributed by atoms with E-state index in [1.54, 1.807) is 13.8 Å². The Balaban J connectivity index is 3.66. The van der Waals surface area contributed by atoms with Gasteiger partial charge in [-0.05, 0) is 39.5 Å². The van der Waals surface area contributed by atoms with Gasteiger partial charge in [-0.25, -0.2) is 0 Å². The van der Waals surface area contributed by atoms with Crippen LogP contribution in [0.4, 0.5) is 0 Å². The van der Waals surface area contributed by atoms with E-state index in [4.69, 9.17) is 9.47 Å². The van der Waals surface area contributed by atoms with Crippen molar-refractivity contribution in [1.29, 1.82) is 0 Å². The monoisotopic (exact) mass is 400 g/mol. The van der Waals surface area contributed by atoms with Crippen LogP contribution in [-0.2, 0) is 19.1 Å². The van der Waals surface area contributed by atoms with Crippen LogP contribution in [-0.4, -0.2) is 34.8 Å². The fourth-order valence-electron chi connectivity index (χ4n) is 1.52. The number of hydrogen-bond acceptors (Lipinski definition) is 4. The molecule has 0 aliphatic heterocycles. The Kier molecular flexibility index (Phi) is 11.6. The molecule has 0 aromatic rings. The number of halogens is 2. The number of ether oxygens (including phenoxy) is 2. The Hall–Kier alpha value is -0.100. The molecule has 112 valence electrons. The van der Waals surface area contributed by atoms with E-state index >= 15 is 0 Å². The summed E-state index contributed by atoms with van der Waals surface area (Å²) in [6.45, 7) is 4.43. The van der Waals surface area contributed by atoms with E-state index in [0.29, 0.717) is 30.9 Å². The van der Waals surface area contributed by atoms with Crippen LogP contribution in [0.2, 0.25) is 0 Å². The van der Waals surface area contributed by atoms with Crippen molar-refractivity contribution >= 4 is 43.8 Å². The molecular formula is C13H22Br2O4. The molecule has 0 fully saturated rings. The van der Waals surface area contributed by atoms with E-state index in [9.17, 15) is 9.59 Å². The van der Waals surface area contributed by atoms with Gasteiger partial charge >= 0.3 is 11.9 Å². The molecule has 0 N–H and O–H groups in total. The molecule has 0 radical (unpaired) electrons. The number of alkyl halides is 2. The highest BCUT2D eigenvalue weighted by molar-refractivity contribution is 9.10. The first-order valence-corrected chi connectivity index (χ1v) is 8.44. The van der Waals surface area contributed by atoms with Gasteiger partial charge in [0.15, 0.2) is 0 Å². The third-order valence-electron chi connectivity index (χ3n) is 2.48. The lowest BCUT2D eigenvalue weighted by atomic mass is 10.1. The molecule has 4 nitrogen and oxygen atoms in total. The summed E-state index contributed by atoms with van der Waals surface area (Å²) in [5.41, 5.74) is 0. The molecule has 0 saturated heterocycles. The van der Waals surface area contributed by atoms with Gasteiger partial charge in [-0.3, -0.25) is 9.59 Å². The van der Waals surface area contributed by atoms with Crippen LogP contribution in [0.1, 0.15) is 46.0 Å². The van der Waals surface area contributed by atoms with Gasteiger partial charge in [-0.2, -0.15) is 0 Å². The Morgan fingerprint density at radius 2 is 1.63 bits per heavy atom. The van der Waals surface area contributed by atoms with Crippen molar-refractivity contribution in [3.8, 4) is 0 Å². The van der Waals surface area contributed by atoms with Crippen LogP contribution in [0.5, 0.6) is 0 Å². The van der Waals surface area contributed by atoms with Crippen LogP contribution in [0.25, 0.3) is 0 Å². The lowest BCUT2D eigenvalue weighted by molar-refractivity contribution is -0.143. The Labute approximate surface area is 131 Å². The molecule has 2 atom stereocenters. The molecule has 0 rings (SSSR count). The van der Waals surface area contributed by atoms with E-state index in [-0.39, 0.29) is 16.8 Å². The highest BCUT2D eigenvalue weighted by atomic mass is 79.9. The number of carbonyl (C=O) groups excluding carboxylic acids is 2. The minimum absolute atomic E-state index is 0.146. The van der Waals surface area contributed by atoms with Crippen LogP contribution in [0, 0.1) is 0 Å². The van der Waals surface area contributed by atoms with Crippen molar-refractivity contribution in [3.05, 3.63) is 0 Å². The van der Waals surface area contributed by atoms with Crippen LogP contribution in [0.3, 0.4) is 0 Å². The molecular weight excluding hydrogens is 380 g/mol. The quantitative estimate of drug-likeness (QED) is 0.414. The van der Waals surface area contributed by atoms with Gasteiger partial charge in [0.2, 0.25) is 0 Å². The molecule has 0 saturated carbocycles. The van der Waals surface area contributed by atoms with Crippen molar-refractivity contribution in [1.82, 2.24) is 0 Å². The molecule has 6 heteroatoms. The van der Waals surface area contributed by atoms with Gasteiger partial charge < -0.3 is 9.47 Å². The first-order chi connectivity index (χ1) is 9.01. The SMILES string of the molecule is CCOC(=O)CCCC(Br)CCC(Br)C(=O)OCC. The Bertz CT molecular complexity index is 271. The molecule has 0 aliphatic carbocycles. The zero-order chi connectivity index (χ0) is 14.7. The summed E-state index contributed by atoms with van der Waals surface area (Å²) in [4.78, 5) is 22.6. The lowest BCUT2D eigenvalue weighted by Crippen LogP contribution is -2.18. The largest absolute Gasteiger partial charge is 0.466 e. The van der Waals surface area contributed by atoms with Gasteiger partial charge in [-0.1, -0.05) is 31.9 Å². The molecule has 0 amide bonds. The number of rotatable bonds is 10. The van der Waals surface area contributed by atoms with E-state index in [2.05, 4.69) is 31.9 Å². The summed E-state index contributed by atoms with van der Waals surface area (Å²) >= 11 is 6.87. The maximum atomic E-state index is 11.4. The molecule has 19 heavy (non-hydrogen) atoms. The highest BCUT2D eigenvalue weighted by Crippen LogP contribution is 2.20. The Morgan fingerprint density at radius 1 is 1.00 bits per heavy atom. The third-order valence-corrected chi connectivity index (χ3v) is 4.23. The Morgan fingerprint density at radius 3 is 2.21 bits per heavy atom. The lowest BCUT2D eigenvalue weighted by Gasteiger charge is -2.12. The van der Waals surface area contributed by atoms with E-state index in [0.717, 1.165) is 19.3 Å². The molecule has 0 bridgehead atoms. The average Bonchev–Trinajstić information content (AvgIpc) is 2.36. The van der Waals surface area contributed by atoms with Crippen molar-refractivity contribution in [2.45, 2.75) is 55.6 Å². The van der Waals surface area contributed by atoms with Crippen molar-refractivity contribution in [2.24, 2.45) is 0 Å².